The van der Waals surface area contributed by atoms with E-state index in [1.165, 1.54) is 12.1 Å². The summed E-state index contributed by atoms with van der Waals surface area (Å²) in [6.07, 6.45) is 3.53. The molecule has 2 aromatic rings. The summed E-state index contributed by atoms with van der Waals surface area (Å²) in [6.45, 7) is 6.17. The second-order valence-electron chi connectivity index (χ2n) is 11.0. The normalized spacial score (nSPS) is 31.0. The molecule has 4 atom stereocenters. The van der Waals surface area contributed by atoms with E-state index in [4.69, 9.17) is 0 Å². The van der Waals surface area contributed by atoms with Gasteiger partial charge >= 0.3 is 6.18 Å². The maximum atomic E-state index is 13.9. The molecule has 3 unspecified atom stereocenters. The summed E-state index contributed by atoms with van der Waals surface area (Å²) in [7, 11) is 0. The zero-order valence-electron chi connectivity index (χ0n) is 20.5. The van der Waals surface area contributed by atoms with Crippen LogP contribution in [0.15, 0.2) is 36.7 Å². The van der Waals surface area contributed by atoms with Crippen molar-refractivity contribution >= 4 is 11.9 Å². The van der Waals surface area contributed by atoms with E-state index in [1.54, 1.807) is 18.5 Å². The topological polar surface area (TPSA) is 52.6 Å². The molecule has 9 heteroatoms. The van der Waals surface area contributed by atoms with Crippen molar-refractivity contribution in [2.75, 3.05) is 31.1 Å². The van der Waals surface area contributed by atoms with Crippen molar-refractivity contribution in [2.45, 2.75) is 63.8 Å². The second kappa shape index (κ2) is 8.71. The summed E-state index contributed by atoms with van der Waals surface area (Å²) in [5, 5.41) is 0. The summed E-state index contributed by atoms with van der Waals surface area (Å²) in [6, 6.07) is 6.29. The number of rotatable bonds is 2. The van der Waals surface area contributed by atoms with Gasteiger partial charge in [0.1, 0.15) is 0 Å². The molecule has 3 fully saturated rings. The molecule has 1 amide bonds. The monoisotopic (exact) mass is 499 g/mol. The summed E-state index contributed by atoms with van der Waals surface area (Å²) >= 11 is 0. The number of alkyl halides is 3. The van der Waals surface area contributed by atoms with Crippen molar-refractivity contribution in [2.24, 2.45) is 11.3 Å². The van der Waals surface area contributed by atoms with E-state index in [-0.39, 0.29) is 24.4 Å². The Bertz CT molecular complexity index is 1140. The van der Waals surface area contributed by atoms with Crippen LogP contribution in [0.3, 0.4) is 0 Å². The van der Waals surface area contributed by atoms with Gasteiger partial charge in [-0.1, -0.05) is 13.0 Å². The summed E-state index contributed by atoms with van der Waals surface area (Å²) in [5.41, 5.74) is 0.556. The fraction of sp³-hybridized carbons (Fsp3) is 0.593. The predicted octanol–water partition coefficient (Wildman–Crippen LogP) is 4.15. The molecule has 4 heterocycles. The van der Waals surface area contributed by atoms with E-state index in [0.29, 0.717) is 18.0 Å². The van der Waals surface area contributed by atoms with E-state index >= 15 is 0 Å². The van der Waals surface area contributed by atoms with Crippen LogP contribution in [0.1, 0.15) is 49.3 Å². The number of carbonyl (C=O) groups is 1. The molecular formula is C27H32F3N5O. The van der Waals surface area contributed by atoms with Gasteiger partial charge in [0.2, 0.25) is 11.9 Å². The Morgan fingerprint density at radius 3 is 2.64 bits per heavy atom. The van der Waals surface area contributed by atoms with Crippen molar-refractivity contribution in [1.29, 1.82) is 0 Å². The summed E-state index contributed by atoms with van der Waals surface area (Å²) < 4.78 is 39.8. The van der Waals surface area contributed by atoms with Gasteiger partial charge in [-0.05, 0) is 67.3 Å². The molecule has 1 aromatic heterocycles. The maximum Gasteiger partial charge on any atom is 0.416 e. The molecule has 0 bridgehead atoms. The molecule has 0 radical (unpaired) electrons. The van der Waals surface area contributed by atoms with Crippen LogP contribution in [0.2, 0.25) is 0 Å². The molecular weight excluding hydrogens is 467 g/mol. The van der Waals surface area contributed by atoms with Crippen LogP contribution in [0.5, 0.6) is 0 Å². The first-order chi connectivity index (χ1) is 17.3. The standard InChI is InChI=1S/C27H32F3N5O/c1-18-23-15-19-4-5-21(27(28,29)30)14-20(19)17-35(23)24(36)26(18)7-6-22(16-26)33-10-3-11-34(13-12-33)25-31-8-2-9-32-25/h2,4-5,8-9,14,18,22-23H,3,6-7,10-13,15-17H2,1H3/t18?,22?,23?,26-/m0/s1. The number of halogens is 3. The SMILES string of the molecule is CC1C2Cc3ccc(C(F)(F)F)cc3CN2C(=O)[C@]12CCC(N1CCCN(c3ncccn3)CC1)C2. The number of anilines is 1. The molecule has 2 saturated heterocycles. The number of hydrogen-bond acceptors (Lipinski definition) is 5. The predicted molar refractivity (Wildman–Crippen MR) is 129 cm³/mol. The van der Waals surface area contributed by atoms with Gasteiger partial charge in [0.05, 0.1) is 11.0 Å². The van der Waals surface area contributed by atoms with Crippen LogP contribution in [0, 0.1) is 11.3 Å². The van der Waals surface area contributed by atoms with Gasteiger partial charge in [-0.15, -0.1) is 0 Å². The van der Waals surface area contributed by atoms with Crippen molar-refractivity contribution in [3.63, 3.8) is 0 Å². The Balaban J connectivity index is 1.17. The van der Waals surface area contributed by atoms with E-state index in [2.05, 4.69) is 26.7 Å². The highest BCUT2D eigenvalue weighted by molar-refractivity contribution is 5.87. The molecule has 0 N–H and O–H groups in total. The van der Waals surface area contributed by atoms with Gasteiger partial charge in [0.15, 0.2) is 0 Å². The number of aromatic nitrogens is 2. The number of fused-ring (bicyclic) bond motifs is 2. The fourth-order valence-electron chi connectivity index (χ4n) is 7.23. The van der Waals surface area contributed by atoms with Crippen molar-refractivity contribution in [3.05, 3.63) is 53.3 Å². The molecule has 1 saturated carbocycles. The van der Waals surface area contributed by atoms with Crippen LogP contribution in [-0.4, -0.2) is 63.9 Å². The number of benzene rings is 1. The van der Waals surface area contributed by atoms with Crippen LogP contribution in [-0.2, 0) is 23.9 Å². The lowest BCUT2D eigenvalue weighted by atomic mass is 9.73. The molecule has 3 aliphatic heterocycles. The minimum absolute atomic E-state index is 0.0651. The number of nitrogens with zero attached hydrogens (tertiary/aromatic N) is 5. The van der Waals surface area contributed by atoms with Gasteiger partial charge < -0.3 is 9.80 Å². The summed E-state index contributed by atoms with van der Waals surface area (Å²) in [4.78, 5) is 29.3. The zero-order chi connectivity index (χ0) is 25.1. The first kappa shape index (κ1) is 23.7. The Morgan fingerprint density at radius 1 is 1.06 bits per heavy atom. The Labute approximate surface area is 209 Å². The van der Waals surface area contributed by atoms with Crippen LogP contribution < -0.4 is 4.90 Å². The van der Waals surface area contributed by atoms with Crippen LogP contribution in [0.4, 0.5) is 19.1 Å². The highest BCUT2D eigenvalue weighted by atomic mass is 19.4. The number of amides is 1. The third-order valence-electron chi connectivity index (χ3n) is 9.24. The molecule has 1 spiro atoms. The highest BCUT2D eigenvalue weighted by Crippen LogP contribution is 2.55. The van der Waals surface area contributed by atoms with Gasteiger partial charge in [-0.25, -0.2) is 9.97 Å². The minimum atomic E-state index is -4.37. The maximum absolute atomic E-state index is 13.9. The Kier molecular flexibility index (Phi) is 5.74. The average molecular weight is 500 g/mol. The molecule has 6 nitrogen and oxygen atoms in total. The molecule has 1 aromatic carbocycles. The van der Waals surface area contributed by atoms with E-state index in [9.17, 15) is 18.0 Å². The first-order valence-corrected chi connectivity index (χ1v) is 13.0. The van der Waals surface area contributed by atoms with Crippen molar-refractivity contribution in [1.82, 2.24) is 19.8 Å². The smallest absolute Gasteiger partial charge is 0.339 e. The van der Waals surface area contributed by atoms with Gasteiger partial charge in [0.25, 0.3) is 0 Å². The van der Waals surface area contributed by atoms with Gasteiger partial charge in [-0.2, -0.15) is 13.2 Å². The highest BCUT2D eigenvalue weighted by Gasteiger charge is 2.60. The van der Waals surface area contributed by atoms with Crippen molar-refractivity contribution < 1.29 is 18.0 Å². The van der Waals surface area contributed by atoms with Crippen molar-refractivity contribution in [3.8, 4) is 0 Å². The van der Waals surface area contributed by atoms with Crippen LogP contribution in [0.25, 0.3) is 0 Å². The molecule has 4 aliphatic rings. The molecule has 6 rings (SSSR count). The zero-order valence-corrected chi connectivity index (χ0v) is 20.5. The summed E-state index contributed by atoms with van der Waals surface area (Å²) in [5.74, 6) is 1.11. The lowest BCUT2D eigenvalue weighted by Crippen LogP contribution is -2.41. The third kappa shape index (κ3) is 3.86. The number of carbonyl (C=O) groups excluding carboxylic acids is 1. The Hall–Kier alpha value is -2.68. The Morgan fingerprint density at radius 2 is 1.86 bits per heavy atom. The lowest BCUT2D eigenvalue weighted by Gasteiger charge is -2.33. The van der Waals surface area contributed by atoms with E-state index in [1.807, 2.05) is 11.0 Å². The molecule has 192 valence electrons. The third-order valence-corrected chi connectivity index (χ3v) is 9.24. The second-order valence-corrected chi connectivity index (χ2v) is 11.0. The largest absolute Gasteiger partial charge is 0.416 e. The molecule has 1 aliphatic carbocycles. The molecule has 36 heavy (non-hydrogen) atoms. The quantitative estimate of drug-likeness (QED) is 0.622. The van der Waals surface area contributed by atoms with E-state index < -0.39 is 17.2 Å². The average Bonchev–Trinajstić information content (AvgIpc) is 3.28. The number of hydrogen-bond donors (Lipinski definition) is 0. The minimum Gasteiger partial charge on any atom is -0.339 e. The fourth-order valence-corrected chi connectivity index (χ4v) is 7.23. The first-order valence-electron chi connectivity index (χ1n) is 13.0. The van der Waals surface area contributed by atoms with Gasteiger partial charge in [-0.3, -0.25) is 9.69 Å². The lowest BCUT2D eigenvalue weighted by molar-refractivity contribution is -0.138. The van der Waals surface area contributed by atoms with E-state index in [0.717, 1.165) is 63.4 Å². The van der Waals surface area contributed by atoms with Gasteiger partial charge in [0, 0.05) is 57.2 Å². The van der Waals surface area contributed by atoms with Crippen LogP contribution >= 0.6 is 0 Å².